The summed E-state index contributed by atoms with van der Waals surface area (Å²) in [6.07, 6.45) is 0.364. The summed E-state index contributed by atoms with van der Waals surface area (Å²) in [5.74, 6) is 0.0848. The highest BCUT2D eigenvalue weighted by Crippen LogP contribution is 2.32. The first kappa shape index (κ1) is 20.5. The Morgan fingerprint density at radius 2 is 1.77 bits per heavy atom. The van der Waals surface area contributed by atoms with Gasteiger partial charge in [-0.05, 0) is 61.5 Å². The van der Waals surface area contributed by atoms with Crippen LogP contribution in [0.1, 0.15) is 16.7 Å². The molecular formula is C25H27N3OS. The second-order valence-electron chi connectivity index (χ2n) is 8.09. The molecule has 4 rings (SSSR count). The van der Waals surface area contributed by atoms with Crippen molar-refractivity contribution in [1.29, 1.82) is 0 Å². The predicted octanol–water partition coefficient (Wildman–Crippen LogP) is 5.20. The van der Waals surface area contributed by atoms with Crippen LogP contribution in [0.25, 0.3) is 21.0 Å². The molecule has 4 nitrogen and oxygen atoms in total. The summed E-state index contributed by atoms with van der Waals surface area (Å²) in [5.41, 5.74) is 4.43. The minimum atomic E-state index is 0.0848. The van der Waals surface area contributed by atoms with E-state index in [4.69, 9.17) is 4.98 Å². The fourth-order valence-electron chi connectivity index (χ4n) is 3.81. The van der Waals surface area contributed by atoms with Gasteiger partial charge in [-0.25, -0.2) is 4.98 Å². The maximum absolute atomic E-state index is 13.5. The number of amides is 1. The molecule has 0 spiro atoms. The van der Waals surface area contributed by atoms with E-state index in [0.717, 1.165) is 38.2 Å². The Morgan fingerprint density at radius 1 is 1.00 bits per heavy atom. The van der Waals surface area contributed by atoms with Crippen molar-refractivity contribution in [3.05, 3.63) is 71.3 Å². The molecule has 0 aliphatic heterocycles. The smallest absolute Gasteiger partial charge is 0.233 e. The lowest BCUT2D eigenvalue weighted by atomic mass is 10.0. The fraction of sp³-hybridized carbons (Fsp3) is 0.280. The van der Waals surface area contributed by atoms with Crippen molar-refractivity contribution in [1.82, 2.24) is 9.88 Å². The fourth-order valence-corrected chi connectivity index (χ4v) is 4.87. The number of benzene rings is 3. The Kier molecular flexibility index (Phi) is 5.84. The van der Waals surface area contributed by atoms with Gasteiger partial charge in [-0.2, -0.15) is 0 Å². The molecule has 0 saturated carbocycles. The molecule has 3 aromatic carbocycles. The van der Waals surface area contributed by atoms with Crippen molar-refractivity contribution in [3.8, 4) is 0 Å². The zero-order valence-corrected chi connectivity index (χ0v) is 18.8. The molecule has 1 aromatic heterocycles. The van der Waals surface area contributed by atoms with E-state index in [1.807, 2.05) is 37.2 Å². The highest BCUT2D eigenvalue weighted by atomic mass is 32.1. The number of carbonyl (C=O) groups is 1. The van der Waals surface area contributed by atoms with Crippen molar-refractivity contribution < 1.29 is 4.79 Å². The molecule has 0 fully saturated rings. The average molecular weight is 418 g/mol. The second kappa shape index (κ2) is 8.54. The number of aromatic nitrogens is 1. The number of nitrogens with zero attached hydrogens (tertiary/aromatic N) is 3. The van der Waals surface area contributed by atoms with Crippen molar-refractivity contribution in [2.45, 2.75) is 20.3 Å². The largest absolute Gasteiger partial charge is 0.308 e. The van der Waals surface area contributed by atoms with E-state index in [2.05, 4.69) is 55.1 Å². The van der Waals surface area contributed by atoms with Gasteiger partial charge in [-0.15, -0.1) is 0 Å². The molecule has 0 aliphatic rings. The number of aryl methyl sites for hydroxylation is 2. The molecule has 0 bridgehead atoms. The summed E-state index contributed by atoms with van der Waals surface area (Å²) in [6.45, 7) is 5.60. The van der Waals surface area contributed by atoms with Crippen molar-refractivity contribution >= 4 is 43.4 Å². The summed E-state index contributed by atoms with van der Waals surface area (Å²) in [7, 11) is 4.05. The van der Waals surface area contributed by atoms with E-state index < -0.39 is 0 Å². The van der Waals surface area contributed by atoms with E-state index in [0.29, 0.717) is 13.0 Å². The minimum absolute atomic E-state index is 0.0848. The van der Waals surface area contributed by atoms with Gasteiger partial charge in [0.2, 0.25) is 5.91 Å². The molecule has 154 valence electrons. The molecule has 5 heteroatoms. The lowest BCUT2D eigenvalue weighted by Gasteiger charge is -2.22. The Bertz CT molecular complexity index is 1210. The average Bonchev–Trinajstić information content (AvgIpc) is 3.12. The third-order valence-electron chi connectivity index (χ3n) is 5.33. The van der Waals surface area contributed by atoms with Crippen molar-refractivity contribution in [3.63, 3.8) is 0 Å². The minimum Gasteiger partial charge on any atom is -0.308 e. The van der Waals surface area contributed by atoms with Crippen molar-refractivity contribution in [2.24, 2.45) is 0 Å². The molecule has 30 heavy (non-hydrogen) atoms. The van der Waals surface area contributed by atoms with Gasteiger partial charge >= 0.3 is 0 Å². The van der Waals surface area contributed by atoms with Gasteiger partial charge in [0.15, 0.2) is 5.13 Å². The first-order valence-corrected chi connectivity index (χ1v) is 11.0. The topological polar surface area (TPSA) is 36.4 Å². The number of hydrogen-bond acceptors (Lipinski definition) is 4. The standard InChI is InChI=1S/C25H27N3OS/c1-17-14-18(2)24-22(15-17)26-25(30-24)28(13-12-27(3)4)23(29)16-20-10-7-9-19-8-5-6-11-21(19)20/h5-11,14-15H,12-13,16H2,1-4H3. The molecule has 0 radical (unpaired) electrons. The number of carbonyl (C=O) groups excluding carboxylic acids is 1. The van der Waals surface area contributed by atoms with E-state index >= 15 is 0 Å². The normalized spacial score (nSPS) is 11.5. The highest BCUT2D eigenvalue weighted by Gasteiger charge is 2.21. The Labute approximate surface area is 181 Å². The number of fused-ring (bicyclic) bond motifs is 2. The lowest BCUT2D eigenvalue weighted by molar-refractivity contribution is -0.118. The van der Waals surface area contributed by atoms with Crippen LogP contribution in [-0.4, -0.2) is 43.0 Å². The summed E-state index contributed by atoms with van der Waals surface area (Å²) in [5, 5.41) is 3.08. The zero-order valence-electron chi connectivity index (χ0n) is 18.0. The monoisotopic (exact) mass is 417 g/mol. The van der Waals surface area contributed by atoms with Gasteiger partial charge in [0, 0.05) is 13.1 Å². The maximum atomic E-state index is 13.5. The predicted molar refractivity (Wildman–Crippen MR) is 128 cm³/mol. The van der Waals surface area contributed by atoms with Gasteiger partial charge in [0.05, 0.1) is 16.6 Å². The third-order valence-corrected chi connectivity index (χ3v) is 6.56. The first-order valence-electron chi connectivity index (χ1n) is 10.2. The van der Waals surface area contributed by atoms with E-state index in [9.17, 15) is 4.79 Å². The number of anilines is 1. The van der Waals surface area contributed by atoms with E-state index in [1.54, 1.807) is 11.3 Å². The number of thiazole rings is 1. The van der Waals surface area contributed by atoms with E-state index in [1.165, 1.54) is 11.1 Å². The molecule has 0 unspecified atom stereocenters. The number of rotatable bonds is 6. The summed E-state index contributed by atoms with van der Waals surface area (Å²) < 4.78 is 1.16. The summed E-state index contributed by atoms with van der Waals surface area (Å²) >= 11 is 1.61. The van der Waals surface area contributed by atoms with Crippen LogP contribution in [0.4, 0.5) is 5.13 Å². The molecular weight excluding hydrogens is 390 g/mol. The third kappa shape index (κ3) is 4.23. The molecule has 4 aromatic rings. The summed E-state index contributed by atoms with van der Waals surface area (Å²) in [6, 6.07) is 18.7. The first-order chi connectivity index (χ1) is 14.4. The molecule has 0 saturated heterocycles. The van der Waals surface area contributed by atoms with Gasteiger partial charge in [-0.3, -0.25) is 9.69 Å². The molecule has 1 amide bonds. The lowest BCUT2D eigenvalue weighted by Crippen LogP contribution is -2.37. The van der Waals surface area contributed by atoms with Crippen LogP contribution < -0.4 is 4.90 Å². The molecule has 0 aliphatic carbocycles. The van der Waals surface area contributed by atoms with Gasteiger partial charge < -0.3 is 4.90 Å². The van der Waals surface area contributed by atoms with Gasteiger partial charge in [0.1, 0.15) is 0 Å². The Morgan fingerprint density at radius 3 is 2.57 bits per heavy atom. The number of hydrogen-bond donors (Lipinski definition) is 0. The van der Waals surface area contributed by atoms with Crippen LogP contribution >= 0.6 is 11.3 Å². The zero-order chi connectivity index (χ0) is 21.3. The van der Waals surface area contributed by atoms with Crippen LogP contribution in [0.3, 0.4) is 0 Å². The van der Waals surface area contributed by atoms with Crippen LogP contribution in [0.2, 0.25) is 0 Å². The van der Waals surface area contributed by atoms with Crippen LogP contribution in [-0.2, 0) is 11.2 Å². The SMILES string of the molecule is Cc1cc(C)c2sc(N(CCN(C)C)C(=O)Cc3cccc4ccccc34)nc2c1. The molecule has 0 N–H and O–H groups in total. The van der Waals surface area contributed by atoms with Crippen LogP contribution in [0.5, 0.6) is 0 Å². The molecule has 0 atom stereocenters. The Hall–Kier alpha value is -2.76. The number of likely N-dealkylation sites (N-methyl/N-ethyl adjacent to an activating group) is 1. The van der Waals surface area contributed by atoms with Crippen LogP contribution in [0, 0.1) is 13.8 Å². The second-order valence-corrected chi connectivity index (χ2v) is 9.07. The van der Waals surface area contributed by atoms with Gasteiger partial charge in [0.25, 0.3) is 0 Å². The van der Waals surface area contributed by atoms with E-state index in [-0.39, 0.29) is 5.91 Å². The maximum Gasteiger partial charge on any atom is 0.233 e. The van der Waals surface area contributed by atoms with Crippen LogP contribution in [0.15, 0.2) is 54.6 Å². The quantitative estimate of drug-likeness (QED) is 0.432. The van der Waals surface area contributed by atoms with Crippen molar-refractivity contribution in [2.75, 3.05) is 32.1 Å². The highest BCUT2D eigenvalue weighted by molar-refractivity contribution is 7.22. The molecule has 1 heterocycles. The van der Waals surface area contributed by atoms with Gasteiger partial charge in [-0.1, -0.05) is 59.9 Å². The summed E-state index contributed by atoms with van der Waals surface area (Å²) in [4.78, 5) is 22.3. The Balaban J connectivity index is 1.69.